The molecule has 6 heteroatoms. The van der Waals surface area contributed by atoms with Crippen LogP contribution in [0.15, 0.2) is 24.3 Å². The number of rotatable bonds is 5. The molecule has 0 saturated carbocycles. The van der Waals surface area contributed by atoms with Crippen molar-refractivity contribution >= 4 is 16.9 Å². The fourth-order valence-corrected chi connectivity index (χ4v) is 3.15. The molecule has 1 aliphatic heterocycles. The lowest BCUT2D eigenvalue weighted by Crippen LogP contribution is -2.45. The van der Waals surface area contributed by atoms with Crippen LogP contribution in [0.4, 0.5) is 0 Å². The van der Waals surface area contributed by atoms with Gasteiger partial charge in [0.15, 0.2) is 6.29 Å². The minimum atomic E-state index is -0.840. The summed E-state index contributed by atoms with van der Waals surface area (Å²) in [7, 11) is 3.16. The first-order valence-corrected chi connectivity index (χ1v) is 7.28. The molecule has 1 aliphatic rings. The quantitative estimate of drug-likeness (QED) is 0.734. The van der Waals surface area contributed by atoms with Gasteiger partial charge >= 0.3 is 5.97 Å². The number of ether oxygens (including phenoxy) is 2. The van der Waals surface area contributed by atoms with Crippen molar-refractivity contribution in [3.05, 3.63) is 35.5 Å². The number of aromatic nitrogens is 1. The zero-order valence-corrected chi connectivity index (χ0v) is 12.6. The maximum atomic E-state index is 11.5. The van der Waals surface area contributed by atoms with Gasteiger partial charge in [0.2, 0.25) is 0 Å². The van der Waals surface area contributed by atoms with Gasteiger partial charge in [-0.05, 0) is 11.6 Å². The summed E-state index contributed by atoms with van der Waals surface area (Å²) in [6.07, 6.45) is 0.621. The van der Waals surface area contributed by atoms with Crippen molar-refractivity contribution in [3.63, 3.8) is 0 Å². The number of fused-ring (bicyclic) bond motifs is 3. The van der Waals surface area contributed by atoms with Gasteiger partial charge in [0.05, 0.1) is 6.04 Å². The summed E-state index contributed by atoms with van der Waals surface area (Å²) >= 11 is 0. The van der Waals surface area contributed by atoms with E-state index >= 15 is 0 Å². The van der Waals surface area contributed by atoms with E-state index in [0.29, 0.717) is 12.8 Å². The fourth-order valence-electron chi connectivity index (χ4n) is 3.15. The molecule has 0 bridgehead atoms. The molecule has 0 fully saturated rings. The maximum absolute atomic E-state index is 11.5. The first kappa shape index (κ1) is 15.0. The van der Waals surface area contributed by atoms with E-state index < -0.39 is 12.0 Å². The van der Waals surface area contributed by atoms with Gasteiger partial charge in [0.1, 0.15) is 6.04 Å². The molecule has 0 amide bonds. The number of carbonyl (C=O) groups is 1. The SMILES string of the molecule is COC(C[C@@H]1NC(C(=O)O)Cc2c1[nH]c1ccccc21)OC. The summed E-state index contributed by atoms with van der Waals surface area (Å²) in [5.74, 6) is -0.840. The summed E-state index contributed by atoms with van der Waals surface area (Å²) in [5, 5.41) is 13.7. The molecule has 0 saturated heterocycles. The summed E-state index contributed by atoms with van der Waals surface area (Å²) in [4.78, 5) is 14.9. The summed E-state index contributed by atoms with van der Waals surface area (Å²) in [6.45, 7) is 0. The van der Waals surface area contributed by atoms with Crippen LogP contribution in [-0.2, 0) is 20.7 Å². The number of benzene rings is 1. The molecule has 2 heterocycles. The lowest BCUT2D eigenvalue weighted by Gasteiger charge is -2.30. The van der Waals surface area contributed by atoms with E-state index in [1.165, 1.54) is 0 Å². The van der Waals surface area contributed by atoms with Gasteiger partial charge in [0.25, 0.3) is 0 Å². The Hall–Kier alpha value is -1.89. The zero-order chi connectivity index (χ0) is 15.7. The Morgan fingerprint density at radius 2 is 2.09 bits per heavy atom. The Morgan fingerprint density at radius 1 is 1.36 bits per heavy atom. The van der Waals surface area contributed by atoms with Gasteiger partial charge in [-0.25, -0.2) is 0 Å². The van der Waals surface area contributed by atoms with Crippen molar-refractivity contribution in [2.75, 3.05) is 14.2 Å². The van der Waals surface area contributed by atoms with Gasteiger partial charge in [-0.15, -0.1) is 0 Å². The highest BCUT2D eigenvalue weighted by Gasteiger charge is 2.34. The highest BCUT2D eigenvalue weighted by Crippen LogP contribution is 2.34. The second-order valence-corrected chi connectivity index (χ2v) is 5.51. The van der Waals surface area contributed by atoms with Crippen LogP contribution in [0.1, 0.15) is 23.7 Å². The van der Waals surface area contributed by atoms with E-state index in [0.717, 1.165) is 22.2 Å². The van der Waals surface area contributed by atoms with Crippen LogP contribution in [0.5, 0.6) is 0 Å². The number of methoxy groups -OCH3 is 2. The van der Waals surface area contributed by atoms with Gasteiger partial charge in [-0.3, -0.25) is 10.1 Å². The lowest BCUT2D eigenvalue weighted by molar-refractivity contribution is -0.140. The van der Waals surface area contributed by atoms with Gasteiger partial charge < -0.3 is 19.6 Å². The number of nitrogens with one attached hydrogen (secondary N) is 2. The highest BCUT2D eigenvalue weighted by molar-refractivity contribution is 5.86. The molecule has 2 atom stereocenters. The van der Waals surface area contributed by atoms with Crippen molar-refractivity contribution in [1.29, 1.82) is 0 Å². The largest absolute Gasteiger partial charge is 0.480 e. The smallest absolute Gasteiger partial charge is 0.321 e. The van der Waals surface area contributed by atoms with Gasteiger partial charge in [0, 0.05) is 43.7 Å². The third-order valence-corrected chi connectivity index (χ3v) is 4.26. The topological polar surface area (TPSA) is 83.6 Å². The Bertz CT molecular complexity index is 678. The molecule has 1 aromatic heterocycles. The molecular weight excluding hydrogens is 284 g/mol. The third-order valence-electron chi connectivity index (χ3n) is 4.26. The molecule has 3 N–H and O–H groups in total. The predicted molar refractivity (Wildman–Crippen MR) is 81.7 cm³/mol. The van der Waals surface area contributed by atoms with E-state index in [1.807, 2.05) is 24.3 Å². The van der Waals surface area contributed by atoms with Crippen LogP contribution in [-0.4, -0.2) is 42.6 Å². The minimum Gasteiger partial charge on any atom is -0.480 e. The van der Waals surface area contributed by atoms with Crippen molar-refractivity contribution in [3.8, 4) is 0 Å². The lowest BCUT2D eigenvalue weighted by atomic mass is 9.92. The molecule has 0 radical (unpaired) electrons. The number of aliphatic carboxylic acids is 1. The van der Waals surface area contributed by atoms with E-state index in [4.69, 9.17) is 9.47 Å². The third kappa shape index (κ3) is 2.61. The van der Waals surface area contributed by atoms with Crippen LogP contribution < -0.4 is 5.32 Å². The average molecular weight is 304 g/mol. The second kappa shape index (κ2) is 6.08. The predicted octanol–water partition coefficient (Wildman–Crippen LogP) is 1.82. The number of hydrogen-bond donors (Lipinski definition) is 3. The maximum Gasteiger partial charge on any atom is 0.321 e. The average Bonchev–Trinajstić information content (AvgIpc) is 2.91. The molecule has 3 rings (SSSR count). The minimum absolute atomic E-state index is 0.151. The Labute approximate surface area is 128 Å². The molecule has 2 aromatic rings. The number of hydrogen-bond acceptors (Lipinski definition) is 4. The molecule has 6 nitrogen and oxygen atoms in total. The normalized spacial score (nSPS) is 21.2. The van der Waals surface area contributed by atoms with Crippen molar-refractivity contribution < 1.29 is 19.4 Å². The summed E-state index contributed by atoms with van der Waals surface area (Å²) < 4.78 is 10.5. The number of carboxylic acids is 1. The highest BCUT2D eigenvalue weighted by atomic mass is 16.7. The Balaban J connectivity index is 2.02. The van der Waals surface area contributed by atoms with Crippen LogP contribution in [0, 0.1) is 0 Å². The first-order valence-electron chi connectivity index (χ1n) is 7.28. The van der Waals surface area contributed by atoms with E-state index in [1.54, 1.807) is 14.2 Å². The van der Waals surface area contributed by atoms with Crippen LogP contribution in [0.25, 0.3) is 10.9 Å². The van der Waals surface area contributed by atoms with Crippen molar-refractivity contribution in [2.45, 2.75) is 31.2 Å². The van der Waals surface area contributed by atoms with Crippen molar-refractivity contribution in [2.24, 2.45) is 0 Å². The molecule has 0 aliphatic carbocycles. The van der Waals surface area contributed by atoms with Crippen LogP contribution in [0.2, 0.25) is 0 Å². The number of H-pyrrole nitrogens is 1. The second-order valence-electron chi connectivity index (χ2n) is 5.51. The van der Waals surface area contributed by atoms with Crippen molar-refractivity contribution in [1.82, 2.24) is 10.3 Å². The Kier molecular flexibility index (Phi) is 4.15. The van der Waals surface area contributed by atoms with Crippen LogP contribution >= 0.6 is 0 Å². The fraction of sp³-hybridized carbons (Fsp3) is 0.438. The molecule has 22 heavy (non-hydrogen) atoms. The monoisotopic (exact) mass is 304 g/mol. The number of carboxylic acid groups (broad SMARTS) is 1. The number of para-hydroxylation sites is 1. The summed E-state index contributed by atoms with van der Waals surface area (Å²) in [5.41, 5.74) is 3.12. The summed E-state index contributed by atoms with van der Waals surface area (Å²) in [6, 6.07) is 7.21. The first-order chi connectivity index (χ1) is 10.6. The molecule has 1 aromatic carbocycles. The molecular formula is C16H20N2O4. The molecule has 1 unspecified atom stereocenters. The van der Waals surface area contributed by atoms with E-state index in [9.17, 15) is 9.90 Å². The van der Waals surface area contributed by atoms with Gasteiger partial charge in [-0.1, -0.05) is 18.2 Å². The number of aromatic amines is 1. The molecule has 0 spiro atoms. The van der Waals surface area contributed by atoms with Crippen LogP contribution in [0.3, 0.4) is 0 Å². The van der Waals surface area contributed by atoms with E-state index in [2.05, 4.69) is 10.3 Å². The Morgan fingerprint density at radius 3 is 2.77 bits per heavy atom. The standard InChI is InChI=1S/C16H20N2O4/c1-21-14(22-2)8-12-15-10(7-13(17-12)16(19)20)9-5-3-4-6-11(9)18-15/h3-6,12-14,17-18H,7-8H2,1-2H3,(H,19,20)/t12-,13?/m0/s1. The molecule has 118 valence electrons. The zero-order valence-electron chi connectivity index (χ0n) is 12.6. The van der Waals surface area contributed by atoms with Gasteiger partial charge in [-0.2, -0.15) is 0 Å². The van der Waals surface area contributed by atoms with E-state index in [-0.39, 0.29) is 12.3 Å².